The first-order valence-corrected chi connectivity index (χ1v) is 6.84. The number of benzene rings is 1. The summed E-state index contributed by atoms with van der Waals surface area (Å²) in [6, 6.07) is 4.52. The molecule has 0 saturated carbocycles. The Morgan fingerprint density at radius 1 is 1.44 bits per heavy atom. The predicted molar refractivity (Wildman–Crippen MR) is 62.2 cm³/mol. The lowest BCUT2D eigenvalue weighted by Gasteiger charge is -2.12. The van der Waals surface area contributed by atoms with Gasteiger partial charge in [0.25, 0.3) is 10.1 Å². The molecule has 0 amide bonds. The summed E-state index contributed by atoms with van der Waals surface area (Å²) in [5.41, 5.74) is 0.370. The first kappa shape index (κ1) is 13.7. The molecule has 1 unspecified atom stereocenters. The molecule has 0 radical (unpaired) electrons. The van der Waals surface area contributed by atoms with E-state index in [1.165, 1.54) is 12.1 Å². The Morgan fingerprint density at radius 3 is 2.56 bits per heavy atom. The Kier molecular flexibility index (Phi) is 4.58. The minimum atomic E-state index is -3.58. The van der Waals surface area contributed by atoms with E-state index in [4.69, 9.17) is 23.2 Å². The van der Waals surface area contributed by atoms with Crippen LogP contribution in [0.4, 0.5) is 0 Å². The largest absolute Gasteiger partial charge is 0.386 e. The minimum Gasteiger partial charge on any atom is -0.386 e. The number of hydrogen-bond donors (Lipinski definition) is 1. The molecule has 1 aromatic rings. The fourth-order valence-electron chi connectivity index (χ4n) is 1.05. The molecule has 1 atom stereocenters. The molecule has 16 heavy (non-hydrogen) atoms. The van der Waals surface area contributed by atoms with Crippen molar-refractivity contribution in [3.05, 3.63) is 33.8 Å². The molecule has 0 saturated heterocycles. The van der Waals surface area contributed by atoms with E-state index in [0.717, 1.165) is 6.26 Å². The Morgan fingerprint density at radius 2 is 2.06 bits per heavy atom. The molecule has 0 aliphatic heterocycles. The van der Waals surface area contributed by atoms with Crippen LogP contribution in [0.3, 0.4) is 0 Å². The van der Waals surface area contributed by atoms with Gasteiger partial charge in [-0.2, -0.15) is 8.42 Å². The highest BCUT2D eigenvalue weighted by Crippen LogP contribution is 2.26. The van der Waals surface area contributed by atoms with Crippen molar-refractivity contribution < 1.29 is 17.7 Å². The second-order valence-corrected chi connectivity index (χ2v) is 5.66. The molecule has 1 N–H and O–H groups in total. The van der Waals surface area contributed by atoms with Gasteiger partial charge in [0.1, 0.15) is 6.10 Å². The van der Waals surface area contributed by atoms with E-state index in [0.29, 0.717) is 10.6 Å². The van der Waals surface area contributed by atoms with E-state index in [1.807, 2.05) is 0 Å². The quantitative estimate of drug-likeness (QED) is 0.859. The van der Waals surface area contributed by atoms with E-state index in [1.54, 1.807) is 6.07 Å². The summed E-state index contributed by atoms with van der Waals surface area (Å²) in [5, 5.41) is 10.3. The van der Waals surface area contributed by atoms with Crippen LogP contribution in [0, 0.1) is 0 Å². The third-order valence-electron chi connectivity index (χ3n) is 1.76. The molecule has 0 spiro atoms. The van der Waals surface area contributed by atoms with Crippen molar-refractivity contribution >= 4 is 33.3 Å². The van der Waals surface area contributed by atoms with Gasteiger partial charge in [-0.15, -0.1) is 0 Å². The van der Waals surface area contributed by atoms with Gasteiger partial charge in [-0.25, -0.2) is 0 Å². The van der Waals surface area contributed by atoms with Crippen LogP contribution in [0.15, 0.2) is 18.2 Å². The molecule has 7 heteroatoms. The second-order valence-electron chi connectivity index (χ2n) is 3.17. The Labute approximate surface area is 104 Å². The molecule has 1 aromatic carbocycles. The molecule has 0 aliphatic rings. The normalized spacial score (nSPS) is 13.8. The maximum absolute atomic E-state index is 10.7. The molecule has 0 heterocycles. The summed E-state index contributed by atoms with van der Waals surface area (Å²) in [6.45, 7) is -0.375. The second kappa shape index (κ2) is 5.33. The first-order chi connectivity index (χ1) is 7.29. The van der Waals surface area contributed by atoms with Crippen molar-refractivity contribution in [2.75, 3.05) is 12.9 Å². The number of aliphatic hydroxyl groups is 1. The molecule has 90 valence electrons. The minimum absolute atomic E-state index is 0.261. The van der Waals surface area contributed by atoms with Crippen molar-refractivity contribution in [3.63, 3.8) is 0 Å². The van der Waals surface area contributed by atoms with E-state index in [-0.39, 0.29) is 11.6 Å². The van der Waals surface area contributed by atoms with Gasteiger partial charge in [0.15, 0.2) is 0 Å². The highest BCUT2D eigenvalue weighted by Gasteiger charge is 2.14. The molecule has 0 bridgehead atoms. The van der Waals surface area contributed by atoms with Gasteiger partial charge in [0.05, 0.1) is 12.9 Å². The molecule has 0 aromatic heterocycles. The van der Waals surface area contributed by atoms with Gasteiger partial charge in [-0.3, -0.25) is 4.18 Å². The van der Waals surface area contributed by atoms with Crippen LogP contribution in [0.2, 0.25) is 10.0 Å². The maximum Gasteiger partial charge on any atom is 0.264 e. The van der Waals surface area contributed by atoms with Crippen LogP contribution in [0.1, 0.15) is 11.7 Å². The van der Waals surface area contributed by atoms with Crippen molar-refractivity contribution in [1.29, 1.82) is 0 Å². The third kappa shape index (κ3) is 4.27. The SMILES string of the molecule is CS(=O)(=O)OCC(O)c1ccc(Cl)cc1Cl. The van der Waals surface area contributed by atoms with Crippen LogP contribution >= 0.6 is 23.2 Å². The Hall–Kier alpha value is -0.330. The average Bonchev–Trinajstić information content (AvgIpc) is 2.13. The lowest BCUT2D eigenvalue weighted by molar-refractivity contribution is 0.112. The van der Waals surface area contributed by atoms with Crippen molar-refractivity contribution in [3.8, 4) is 0 Å². The van der Waals surface area contributed by atoms with E-state index < -0.39 is 16.2 Å². The van der Waals surface area contributed by atoms with Crippen molar-refractivity contribution in [2.24, 2.45) is 0 Å². The summed E-state index contributed by atoms with van der Waals surface area (Å²) in [6.07, 6.45) is -0.206. The Balaban J connectivity index is 2.77. The summed E-state index contributed by atoms with van der Waals surface area (Å²) < 4.78 is 25.9. The Bertz CT molecular complexity index is 472. The van der Waals surface area contributed by atoms with Gasteiger partial charge < -0.3 is 5.11 Å². The summed E-state index contributed by atoms with van der Waals surface area (Å²) in [5.74, 6) is 0. The van der Waals surface area contributed by atoms with Gasteiger partial charge in [-0.1, -0.05) is 29.3 Å². The number of rotatable bonds is 4. The standard InChI is InChI=1S/C9H10Cl2O4S/c1-16(13,14)15-5-9(12)7-3-2-6(10)4-8(7)11/h2-4,9,12H,5H2,1H3. The third-order valence-corrected chi connectivity index (χ3v) is 2.89. The number of aliphatic hydroxyl groups excluding tert-OH is 1. The predicted octanol–water partition coefficient (Wildman–Crippen LogP) is 2.00. The lowest BCUT2D eigenvalue weighted by Crippen LogP contribution is -2.12. The van der Waals surface area contributed by atoms with Crippen LogP contribution in [-0.2, 0) is 14.3 Å². The summed E-state index contributed by atoms with van der Waals surface area (Å²) in [4.78, 5) is 0. The van der Waals surface area contributed by atoms with Gasteiger partial charge >= 0.3 is 0 Å². The topological polar surface area (TPSA) is 63.6 Å². The van der Waals surface area contributed by atoms with Gasteiger partial charge in [-0.05, 0) is 12.1 Å². The van der Waals surface area contributed by atoms with E-state index >= 15 is 0 Å². The highest BCUT2D eigenvalue weighted by atomic mass is 35.5. The van der Waals surface area contributed by atoms with Crippen molar-refractivity contribution in [2.45, 2.75) is 6.10 Å². The average molecular weight is 285 g/mol. The maximum atomic E-state index is 10.7. The van der Waals surface area contributed by atoms with Gasteiger partial charge in [0.2, 0.25) is 0 Å². The zero-order chi connectivity index (χ0) is 12.3. The van der Waals surface area contributed by atoms with E-state index in [9.17, 15) is 13.5 Å². The fourth-order valence-corrected chi connectivity index (χ4v) is 1.96. The van der Waals surface area contributed by atoms with Gasteiger partial charge in [0, 0.05) is 15.6 Å². The van der Waals surface area contributed by atoms with Crippen LogP contribution < -0.4 is 0 Å². The van der Waals surface area contributed by atoms with Crippen LogP contribution in [0.25, 0.3) is 0 Å². The molecule has 0 fully saturated rings. The highest BCUT2D eigenvalue weighted by molar-refractivity contribution is 7.85. The molecule has 4 nitrogen and oxygen atoms in total. The first-order valence-electron chi connectivity index (χ1n) is 4.27. The zero-order valence-corrected chi connectivity index (χ0v) is 10.7. The monoisotopic (exact) mass is 284 g/mol. The number of halogens is 2. The lowest BCUT2D eigenvalue weighted by atomic mass is 10.1. The zero-order valence-electron chi connectivity index (χ0n) is 8.35. The number of hydrogen-bond acceptors (Lipinski definition) is 4. The van der Waals surface area contributed by atoms with E-state index in [2.05, 4.69) is 4.18 Å². The smallest absolute Gasteiger partial charge is 0.264 e. The molecular formula is C9H10Cl2O4S. The summed E-state index contributed by atoms with van der Waals surface area (Å²) in [7, 11) is -3.58. The summed E-state index contributed by atoms with van der Waals surface area (Å²) >= 11 is 11.5. The molecular weight excluding hydrogens is 275 g/mol. The fraction of sp³-hybridized carbons (Fsp3) is 0.333. The van der Waals surface area contributed by atoms with Crippen molar-refractivity contribution in [1.82, 2.24) is 0 Å². The van der Waals surface area contributed by atoms with Crippen LogP contribution in [-0.4, -0.2) is 26.4 Å². The molecule has 0 aliphatic carbocycles. The molecule has 1 rings (SSSR count). The van der Waals surface area contributed by atoms with Crippen LogP contribution in [0.5, 0.6) is 0 Å².